The first-order chi connectivity index (χ1) is 9.13. The number of ether oxygens (including phenoxy) is 1. The summed E-state index contributed by atoms with van der Waals surface area (Å²) in [6, 6.07) is 7.37. The molecule has 3 N–H and O–H groups in total. The molecule has 0 saturated carbocycles. The van der Waals surface area contributed by atoms with Gasteiger partial charge in [0.2, 0.25) is 0 Å². The quantitative estimate of drug-likeness (QED) is 0.856. The molecule has 2 rings (SSSR count). The second-order valence-electron chi connectivity index (χ2n) is 4.22. The van der Waals surface area contributed by atoms with Crippen molar-refractivity contribution in [2.75, 3.05) is 0 Å². The van der Waals surface area contributed by atoms with Gasteiger partial charge in [-0.15, -0.1) is 0 Å². The molecule has 1 atom stereocenters. The minimum atomic E-state index is -0.623. The molecule has 100 valence electrons. The molecule has 1 amide bonds. The standard InChI is InChI=1S/C13H16N4O2/c1-3-8(2)19-10-7-5-4-6-9(10)11-12(13(14)18)16-17-15-11/h4-8H,3H2,1-2H3,(H2,14,18)(H,15,16,17). The number of rotatable bonds is 5. The molecule has 0 saturated heterocycles. The molecule has 1 aromatic heterocycles. The molecule has 0 aliphatic heterocycles. The van der Waals surface area contributed by atoms with Crippen LogP contribution in [0.5, 0.6) is 5.75 Å². The number of hydrogen-bond acceptors (Lipinski definition) is 4. The number of carbonyl (C=O) groups excluding carboxylic acids is 1. The zero-order chi connectivity index (χ0) is 13.8. The van der Waals surface area contributed by atoms with Crippen molar-refractivity contribution in [1.29, 1.82) is 0 Å². The van der Waals surface area contributed by atoms with E-state index < -0.39 is 5.91 Å². The molecule has 0 bridgehead atoms. The number of hydrogen-bond donors (Lipinski definition) is 2. The first-order valence-corrected chi connectivity index (χ1v) is 6.10. The second kappa shape index (κ2) is 5.51. The molecule has 0 fully saturated rings. The molecule has 0 spiro atoms. The Morgan fingerprint density at radius 2 is 2.16 bits per heavy atom. The summed E-state index contributed by atoms with van der Waals surface area (Å²) in [5.41, 5.74) is 6.49. The van der Waals surface area contributed by atoms with Gasteiger partial charge in [0.1, 0.15) is 11.4 Å². The number of benzene rings is 1. The summed E-state index contributed by atoms with van der Waals surface area (Å²) in [6.07, 6.45) is 0.959. The lowest BCUT2D eigenvalue weighted by atomic mass is 10.1. The summed E-state index contributed by atoms with van der Waals surface area (Å²) < 4.78 is 5.82. The fourth-order valence-electron chi connectivity index (χ4n) is 1.66. The lowest BCUT2D eigenvalue weighted by Gasteiger charge is -2.15. The van der Waals surface area contributed by atoms with E-state index >= 15 is 0 Å². The maximum atomic E-state index is 11.3. The summed E-state index contributed by atoms with van der Waals surface area (Å²) in [6.45, 7) is 4.02. The molecular formula is C13H16N4O2. The van der Waals surface area contributed by atoms with Crippen molar-refractivity contribution in [3.8, 4) is 17.0 Å². The Morgan fingerprint density at radius 1 is 1.42 bits per heavy atom. The van der Waals surface area contributed by atoms with Crippen LogP contribution in [0.3, 0.4) is 0 Å². The molecule has 0 radical (unpaired) electrons. The van der Waals surface area contributed by atoms with Gasteiger partial charge in [-0.05, 0) is 25.5 Å². The Kier molecular flexibility index (Phi) is 3.79. The van der Waals surface area contributed by atoms with Crippen LogP contribution in [0.2, 0.25) is 0 Å². The van der Waals surface area contributed by atoms with Crippen LogP contribution in [0.15, 0.2) is 24.3 Å². The van der Waals surface area contributed by atoms with Crippen molar-refractivity contribution >= 4 is 5.91 Å². The lowest BCUT2D eigenvalue weighted by Crippen LogP contribution is -2.14. The van der Waals surface area contributed by atoms with Crippen molar-refractivity contribution in [2.45, 2.75) is 26.4 Å². The highest BCUT2D eigenvalue weighted by Gasteiger charge is 2.18. The Bertz CT molecular complexity index is 580. The number of nitrogens with zero attached hydrogens (tertiary/aromatic N) is 2. The van der Waals surface area contributed by atoms with Crippen LogP contribution in [-0.2, 0) is 0 Å². The Hall–Kier alpha value is -2.37. The fourth-order valence-corrected chi connectivity index (χ4v) is 1.66. The van der Waals surface area contributed by atoms with Crippen LogP contribution in [0, 0.1) is 0 Å². The highest BCUT2D eigenvalue weighted by Crippen LogP contribution is 2.30. The predicted molar refractivity (Wildman–Crippen MR) is 70.7 cm³/mol. The van der Waals surface area contributed by atoms with E-state index in [2.05, 4.69) is 15.4 Å². The van der Waals surface area contributed by atoms with Gasteiger partial charge >= 0.3 is 0 Å². The molecule has 0 aliphatic rings. The number of aromatic nitrogens is 3. The van der Waals surface area contributed by atoms with Crippen LogP contribution in [-0.4, -0.2) is 27.4 Å². The number of nitrogens with one attached hydrogen (secondary N) is 1. The zero-order valence-electron chi connectivity index (χ0n) is 10.9. The maximum Gasteiger partial charge on any atom is 0.271 e. The van der Waals surface area contributed by atoms with E-state index in [9.17, 15) is 4.79 Å². The van der Waals surface area contributed by atoms with Gasteiger partial charge < -0.3 is 10.5 Å². The molecule has 0 aliphatic carbocycles. The third-order valence-corrected chi connectivity index (χ3v) is 2.83. The van der Waals surface area contributed by atoms with Gasteiger partial charge in [-0.1, -0.05) is 19.1 Å². The molecule has 6 nitrogen and oxygen atoms in total. The fraction of sp³-hybridized carbons (Fsp3) is 0.308. The Labute approximate surface area is 111 Å². The van der Waals surface area contributed by atoms with Gasteiger partial charge in [0.05, 0.1) is 6.10 Å². The van der Waals surface area contributed by atoms with Crippen molar-refractivity contribution in [2.24, 2.45) is 5.73 Å². The van der Waals surface area contributed by atoms with Crippen molar-refractivity contribution in [3.63, 3.8) is 0 Å². The van der Waals surface area contributed by atoms with Crippen LogP contribution in [0.25, 0.3) is 11.3 Å². The van der Waals surface area contributed by atoms with Crippen LogP contribution in [0.4, 0.5) is 0 Å². The Morgan fingerprint density at radius 3 is 2.84 bits per heavy atom. The first kappa shape index (κ1) is 13.1. The van der Waals surface area contributed by atoms with Gasteiger partial charge in [-0.3, -0.25) is 4.79 Å². The third kappa shape index (κ3) is 2.73. The van der Waals surface area contributed by atoms with Crippen molar-refractivity contribution in [1.82, 2.24) is 15.4 Å². The summed E-state index contributed by atoms with van der Waals surface area (Å²) in [4.78, 5) is 11.3. The normalized spacial score (nSPS) is 12.1. The van der Waals surface area contributed by atoms with Gasteiger partial charge in [0.25, 0.3) is 5.91 Å². The van der Waals surface area contributed by atoms with Gasteiger partial charge in [-0.2, -0.15) is 15.4 Å². The van der Waals surface area contributed by atoms with Gasteiger partial charge in [0.15, 0.2) is 5.69 Å². The summed E-state index contributed by atoms with van der Waals surface area (Å²) in [5.74, 6) is 0.0374. The Balaban J connectivity index is 2.44. The largest absolute Gasteiger partial charge is 0.490 e. The number of para-hydroxylation sites is 1. The smallest absolute Gasteiger partial charge is 0.271 e. The van der Waals surface area contributed by atoms with Crippen molar-refractivity contribution < 1.29 is 9.53 Å². The average molecular weight is 260 g/mol. The summed E-state index contributed by atoms with van der Waals surface area (Å²) >= 11 is 0. The topological polar surface area (TPSA) is 93.9 Å². The van der Waals surface area contributed by atoms with Gasteiger partial charge in [0, 0.05) is 5.56 Å². The van der Waals surface area contributed by atoms with Crippen LogP contribution in [0.1, 0.15) is 30.8 Å². The number of nitrogens with two attached hydrogens (primary N) is 1. The number of primary amides is 1. The molecule has 6 heteroatoms. The number of aromatic amines is 1. The SMILES string of the molecule is CCC(C)Oc1ccccc1-c1n[nH]nc1C(N)=O. The molecule has 19 heavy (non-hydrogen) atoms. The van der Waals surface area contributed by atoms with E-state index in [-0.39, 0.29) is 11.8 Å². The maximum absolute atomic E-state index is 11.3. The lowest BCUT2D eigenvalue weighted by molar-refractivity contribution is 0.0996. The molecule has 1 unspecified atom stereocenters. The second-order valence-corrected chi connectivity index (χ2v) is 4.22. The van der Waals surface area contributed by atoms with E-state index in [1.165, 1.54) is 0 Å². The van der Waals surface area contributed by atoms with E-state index in [0.29, 0.717) is 17.0 Å². The predicted octanol–water partition coefficient (Wildman–Crippen LogP) is 1.75. The average Bonchev–Trinajstić information content (AvgIpc) is 2.88. The van der Waals surface area contributed by atoms with E-state index in [0.717, 1.165) is 6.42 Å². The van der Waals surface area contributed by atoms with E-state index in [1.807, 2.05) is 38.1 Å². The minimum Gasteiger partial charge on any atom is -0.490 e. The highest BCUT2D eigenvalue weighted by atomic mass is 16.5. The molecule has 1 aromatic carbocycles. The molecule has 1 heterocycles. The number of H-pyrrole nitrogens is 1. The molecular weight excluding hydrogens is 244 g/mol. The summed E-state index contributed by atoms with van der Waals surface area (Å²) in [7, 11) is 0. The van der Waals surface area contributed by atoms with Crippen LogP contribution < -0.4 is 10.5 Å². The monoisotopic (exact) mass is 260 g/mol. The summed E-state index contributed by atoms with van der Waals surface area (Å²) in [5, 5.41) is 10.2. The zero-order valence-corrected chi connectivity index (χ0v) is 10.9. The van der Waals surface area contributed by atoms with Crippen LogP contribution >= 0.6 is 0 Å². The van der Waals surface area contributed by atoms with E-state index in [1.54, 1.807) is 0 Å². The highest BCUT2D eigenvalue weighted by molar-refractivity contribution is 5.97. The minimum absolute atomic E-state index is 0.0741. The van der Waals surface area contributed by atoms with E-state index in [4.69, 9.17) is 10.5 Å². The van der Waals surface area contributed by atoms with Crippen molar-refractivity contribution in [3.05, 3.63) is 30.0 Å². The first-order valence-electron chi connectivity index (χ1n) is 6.10. The number of carbonyl (C=O) groups is 1. The third-order valence-electron chi connectivity index (χ3n) is 2.83. The molecule has 2 aromatic rings. The van der Waals surface area contributed by atoms with Gasteiger partial charge in [-0.25, -0.2) is 0 Å². The number of amides is 1.